The van der Waals surface area contributed by atoms with Gasteiger partial charge in [-0.2, -0.15) is 0 Å². The SMILES string of the molecule is CCC(C)NC(=O)CS(=O)c1cc(Br)ccc1N. The van der Waals surface area contributed by atoms with Gasteiger partial charge in [0.25, 0.3) is 0 Å². The Morgan fingerprint density at radius 2 is 2.22 bits per heavy atom. The fraction of sp³-hybridized carbons (Fsp3) is 0.417. The van der Waals surface area contributed by atoms with Crippen LogP contribution in [0.1, 0.15) is 20.3 Å². The van der Waals surface area contributed by atoms with Crippen molar-refractivity contribution < 1.29 is 9.00 Å². The summed E-state index contributed by atoms with van der Waals surface area (Å²) >= 11 is 3.29. The fourth-order valence-corrected chi connectivity index (χ4v) is 2.90. The normalized spacial score (nSPS) is 13.9. The molecule has 0 spiro atoms. The van der Waals surface area contributed by atoms with Gasteiger partial charge in [-0.3, -0.25) is 9.00 Å². The van der Waals surface area contributed by atoms with Gasteiger partial charge in [-0.15, -0.1) is 0 Å². The van der Waals surface area contributed by atoms with Crippen molar-refractivity contribution in [1.29, 1.82) is 0 Å². The third kappa shape index (κ3) is 4.42. The highest BCUT2D eigenvalue weighted by atomic mass is 79.9. The van der Waals surface area contributed by atoms with Crippen molar-refractivity contribution in [3.05, 3.63) is 22.7 Å². The van der Waals surface area contributed by atoms with E-state index in [0.29, 0.717) is 10.6 Å². The minimum Gasteiger partial charge on any atom is -0.398 e. The van der Waals surface area contributed by atoms with Gasteiger partial charge in [-0.05, 0) is 31.5 Å². The summed E-state index contributed by atoms with van der Waals surface area (Å²) in [6.45, 7) is 3.89. The molecule has 2 unspecified atom stereocenters. The summed E-state index contributed by atoms with van der Waals surface area (Å²) in [5.74, 6) is -0.285. The number of hydrogen-bond acceptors (Lipinski definition) is 3. The predicted octanol–water partition coefficient (Wildman–Crippen LogP) is 2.05. The molecule has 0 saturated carbocycles. The minimum atomic E-state index is -1.42. The van der Waals surface area contributed by atoms with E-state index >= 15 is 0 Å². The average molecular weight is 333 g/mol. The van der Waals surface area contributed by atoms with Gasteiger partial charge in [0.1, 0.15) is 5.75 Å². The Labute approximate surface area is 118 Å². The van der Waals surface area contributed by atoms with Crippen LogP contribution in [-0.2, 0) is 15.6 Å². The van der Waals surface area contributed by atoms with E-state index in [2.05, 4.69) is 21.2 Å². The summed E-state index contributed by atoms with van der Waals surface area (Å²) in [6.07, 6.45) is 0.845. The van der Waals surface area contributed by atoms with Gasteiger partial charge in [0.05, 0.1) is 15.7 Å². The number of carbonyl (C=O) groups is 1. The van der Waals surface area contributed by atoms with Crippen LogP contribution in [0.3, 0.4) is 0 Å². The zero-order valence-corrected chi connectivity index (χ0v) is 12.8. The Morgan fingerprint density at radius 1 is 1.56 bits per heavy atom. The summed E-state index contributed by atoms with van der Waals surface area (Å²) in [4.78, 5) is 12.1. The first-order valence-corrected chi connectivity index (χ1v) is 7.78. The number of anilines is 1. The van der Waals surface area contributed by atoms with E-state index in [1.54, 1.807) is 18.2 Å². The molecule has 0 aliphatic rings. The highest BCUT2D eigenvalue weighted by Gasteiger charge is 2.14. The molecule has 1 rings (SSSR count). The first kappa shape index (κ1) is 15.2. The molecule has 1 aromatic carbocycles. The van der Waals surface area contributed by atoms with Crippen LogP contribution in [-0.4, -0.2) is 21.9 Å². The molecule has 3 N–H and O–H groups in total. The summed E-state index contributed by atoms with van der Waals surface area (Å²) in [6, 6.07) is 5.22. The molecule has 0 aromatic heterocycles. The summed E-state index contributed by atoms with van der Waals surface area (Å²) in [7, 11) is -1.42. The lowest BCUT2D eigenvalue weighted by molar-refractivity contribution is -0.119. The van der Waals surface area contributed by atoms with Crippen LogP contribution in [0.25, 0.3) is 0 Å². The lowest BCUT2D eigenvalue weighted by atomic mass is 10.3. The molecule has 6 heteroatoms. The van der Waals surface area contributed by atoms with Gasteiger partial charge in [-0.25, -0.2) is 0 Å². The molecule has 1 aromatic rings. The molecule has 100 valence electrons. The monoisotopic (exact) mass is 332 g/mol. The van der Waals surface area contributed by atoms with Crippen LogP contribution in [0.4, 0.5) is 5.69 Å². The van der Waals surface area contributed by atoms with E-state index < -0.39 is 10.8 Å². The fourth-order valence-electron chi connectivity index (χ4n) is 1.32. The molecule has 0 fully saturated rings. The molecule has 0 aliphatic carbocycles. The van der Waals surface area contributed by atoms with Crippen LogP contribution in [0.15, 0.2) is 27.6 Å². The molecule has 18 heavy (non-hydrogen) atoms. The minimum absolute atomic E-state index is 0.0645. The first-order valence-electron chi connectivity index (χ1n) is 5.66. The van der Waals surface area contributed by atoms with Crippen molar-refractivity contribution in [3.63, 3.8) is 0 Å². The van der Waals surface area contributed by atoms with Crippen molar-refractivity contribution >= 4 is 38.3 Å². The smallest absolute Gasteiger partial charge is 0.233 e. The van der Waals surface area contributed by atoms with Crippen molar-refractivity contribution in [2.24, 2.45) is 0 Å². The van der Waals surface area contributed by atoms with Gasteiger partial charge in [0.15, 0.2) is 0 Å². The maximum atomic E-state index is 12.0. The Bertz CT molecular complexity index is 465. The van der Waals surface area contributed by atoms with Crippen molar-refractivity contribution in [3.8, 4) is 0 Å². The van der Waals surface area contributed by atoms with Crippen LogP contribution >= 0.6 is 15.9 Å². The highest BCUT2D eigenvalue weighted by Crippen LogP contribution is 2.21. The number of halogens is 1. The Balaban J connectivity index is 2.71. The molecule has 0 bridgehead atoms. The van der Waals surface area contributed by atoms with Gasteiger partial charge < -0.3 is 11.1 Å². The van der Waals surface area contributed by atoms with Gasteiger partial charge >= 0.3 is 0 Å². The predicted molar refractivity (Wildman–Crippen MR) is 77.7 cm³/mol. The van der Waals surface area contributed by atoms with Gasteiger partial charge in [0.2, 0.25) is 5.91 Å². The van der Waals surface area contributed by atoms with Crippen LogP contribution in [0.5, 0.6) is 0 Å². The van der Waals surface area contributed by atoms with Gasteiger partial charge in [0, 0.05) is 16.2 Å². The van der Waals surface area contributed by atoms with E-state index in [4.69, 9.17) is 5.73 Å². The molecule has 0 saturated heterocycles. The van der Waals surface area contributed by atoms with E-state index in [1.807, 2.05) is 13.8 Å². The Morgan fingerprint density at radius 3 is 2.83 bits per heavy atom. The molecule has 4 nitrogen and oxygen atoms in total. The molecule has 1 amide bonds. The molecule has 0 heterocycles. The summed E-state index contributed by atoms with van der Waals surface area (Å²) in [5.41, 5.74) is 6.19. The number of rotatable bonds is 5. The Kier molecular flexibility index (Phi) is 5.81. The quantitative estimate of drug-likeness (QED) is 0.810. The van der Waals surface area contributed by atoms with Crippen molar-refractivity contribution in [2.45, 2.75) is 31.2 Å². The third-order valence-corrected chi connectivity index (χ3v) is 4.36. The number of carbonyl (C=O) groups excluding carboxylic acids is 1. The van der Waals surface area contributed by atoms with E-state index in [9.17, 15) is 9.00 Å². The number of hydrogen-bond donors (Lipinski definition) is 2. The number of benzene rings is 1. The second kappa shape index (κ2) is 6.89. The van der Waals surface area contributed by atoms with E-state index in [-0.39, 0.29) is 17.7 Å². The number of nitrogens with two attached hydrogens (primary N) is 1. The molecule has 0 aliphatic heterocycles. The number of nitrogens with one attached hydrogen (secondary N) is 1. The summed E-state index contributed by atoms with van der Waals surface area (Å²) < 4.78 is 12.8. The topological polar surface area (TPSA) is 72.2 Å². The van der Waals surface area contributed by atoms with E-state index in [0.717, 1.165) is 10.9 Å². The summed E-state index contributed by atoms with van der Waals surface area (Å²) in [5, 5.41) is 2.78. The van der Waals surface area contributed by atoms with Gasteiger partial charge in [-0.1, -0.05) is 22.9 Å². The van der Waals surface area contributed by atoms with Crippen LogP contribution in [0, 0.1) is 0 Å². The lowest BCUT2D eigenvalue weighted by Crippen LogP contribution is -2.35. The molecule has 2 atom stereocenters. The zero-order chi connectivity index (χ0) is 13.7. The van der Waals surface area contributed by atoms with Crippen LogP contribution < -0.4 is 11.1 Å². The molecular weight excluding hydrogens is 316 g/mol. The third-order valence-electron chi connectivity index (χ3n) is 2.50. The van der Waals surface area contributed by atoms with Crippen molar-refractivity contribution in [1.82, 2.24) is 5.32 Å². The maximum absolute atomic E-state index is 12.0. The van der Waals surface area contributed by atoms with Crippen molar-refractivity contribution in [2.75, 3.05) is 11.5 Å². The standard InChI is InChI=1S/C12H17BrN2O2S/c1-3-8(2)15-12(16)7-18(17)11-6-9(13)4-5-10(11)14/h4-6,8H,3,7,14H2,1-2H3,(H,15,16). The second-order valence-corrected chi connectivity index (χ2v) is 6.38. The zero-order valence-electron chi connectivity index (χ0n) is 10.4. The first-order chi connectivity index (χ1) is 8.43. The lowest BCUT2D eigenvalue weighted by Gasteiger charge is -2.11. The second-order valence-electron chi connectivity index (χ2n) is 4.05. The molecular formula is C12H17BrN2O2S. The average Bonchev–Trinajstić information content (AvgIpc) is 2.31. The van der Waals surface area contributed by atoms with E-state index in [1.165, 1.54) is 0 Å². The number of amides is 1. The maximum Gasteiger partial charge on any atom is 0.233 e. The molecule has 0 radical (unpaired) electrons. The largest absolute Gasteiger partial charge is 0.398 e. The number of nitrogen functional groups attached to an aromatic ring is 1. The van der Waals surface area contributed by atoms with Crippen LogP contribution in [0.2, 0.25) is 0 Å². The highest BCUT2D eigenvalue weighted by molar-refractivity contribution is 9.10. The Hall–Kier alpha value is -0.880.